The van der Waals surface area contributed by atoms with E-state index in [0.717, 1.165) is 22.2 Å². The minimum Gasteiger partial charge on any atom is -0.310 e. The summed E-state index contributed by atoms with van der Waals surface area (Å²) in [4.78, 5) is 4.59. The van der Waals surface area contributed by atoms with Gasteiger partial charge in [0.25, 0.3) is 0 Å². The van der Waals surface area contributed by atoms with Gasteiger partial charge in [-0.05, 0) is 49.2 Å². The van der Waals surface area contributed by atoms with Crippen LogP contribution in [0.5, 0.6) is 0 Å². The lowest BCUT2D eigenvalue weighted by Crippen LogP contribution is -1.99. The monoisotopic (exact) mass is 279 g/mol. The number of aromatic nitrogens is 2. The van der Waals surface area contributed by atoms with Gasteiger partial charge < -0.3 is 4.57 Å². The van der Waals surface area contributed by atoms with E-state index in [1.807, 2.05) is 30.5 Å². The van der Waals surface area contributed by atoms with Gasteiger partial charge in [0, 0.05) is 5.56 Å². The molecule has 3 nitrogen and oxygen atoms in total. The molecule has 0 spiro atoms. The van der Waals surface area contributed by atoms with E-state index in [0.29, 0.717) is 11.4 Å². The van der Waals surface area contributed by atoms with Crippen molar-refractivity contribution >= 4 is 11.0 Å². The van der Waals surface area contributed by atoms with E-state index in [9.17, 15) is 4.39 Å². The lowest BCUT2D eigenvalue weighted by atomic mass is 10.1. The average molecular weight is 279 g/mol. The van der Waals surface area contributed by atoms with Crippen LogP contribution in [0.3, 0.4) is 0 Å². The van der Waals surface area contributed by atoms with Gasteiger partial charge in [-0.15, -0.1) is 0 Å². The first-order chi connectivity index (χ1) is 10.1. The first kappa shape index (κ1) is 13.3. The molecular weight excluding hydrogens is 265 g/mol. The van der Waals surface area contributed by atoms with Crippen molar-refractivity contribution in [2.24, 2.45) is 0 Å². The van der Waals surface area contributed by atoms with Crippen LogP contribution in [0.25, 0.3) is 22.4 Å². The van der Waals surface area contributed by atoms with Crippen molar-refractivity contribution in [3.8, 4) is 17.5 Å². The van der Waals surface area contributed by atoms with Crippen molar-refractivity contribution in [1.29, 1.82) is 5.26 Å². The van der Waals surface area contributed by atoms with Crippen LogP contribution in [0.2, 0.25) is 0 Å². The van der Waals surface area contributed by atoms with Gasteiger partial charge in [0.15, 0.2) is 0 Å². The molecule has 21 heavy (non-hydrogen) atoms. The SMILES string of the molecule is Cc1cc2nc(-c3cccc(F)c3)n(CC#N)c2cc1C. The van der Waals surface area contributed by atoms with Crippen LogP contribution in [0.1, 0.15) is 11.1 Å². The smallest absolute Gasteiger partial charge is 0.142 e. The number of aryl methyl sites for hydroxylation is 2. The quantitative estimate of drug-likeness (QED) is 0.712. The molecule has 2 aromatic carbocycles. The lowest BCUT2D eigenvalue weighted by Gasteiger charge is -2.06. The van der Waals surface area contributed by atoms with Crippen molar-refractivity contribution in [3.05, 3.63) is 53.3 Å². The zero-order chi connectivity index (χ0) is 15.0. The van der Waals surface area contributed by atoms with E-state index in [1.54, 1.807) is 12.1 Å². The van der Waals surface area contributed by atoms with E-state index < -0.39 is 0 Å². The van der Waals surface area contributed by atoms with Gasteiger partial charge in [-0.25, -0.2) is 9.37 Å². The van der Waals surface area contributed by atoms with Gasteiger partial charge in [0.05, 0.1) is 17.1 Å². The largest absolute Gasteiger partial charge is 0.310 e. The molecule has 104 valence electrons. The van der Waals surface area contributed by atoms with Crippen LogP contribution in [-0.2, 0) is 6.54 Å². The molecule has 0 N–H and O–H groups in total. The molecule has 1 heterocycles. The highest BCUT2D eigenvalue weighted by atomic mass is 19.1. The van der Waals surface area contributed by atoms with Gasteiger partial charge in [-0.2, -0.15) is 5.26 Å². The van der Waals surface area contributed by atoms with Gasteiger partial charge in [-0.3, -0.25) is 0 Å². The third-order valence-electron chi connectivity index (χ3n) is 3.68. The molecule has 0 radical (unpaired) electrons. The normalized spacial score (nSPS) is 10.8. The number of halogens is 1. The molecule has 0 bridgehead atoms. The van der Waals surface area contributed by atoms with E-state index >= 15 is 0 Å². The predicted molar refractivity (Wildman–Crippen MR) is 80.2 cm³/mol. The summed E-state index contributed by atoms with van der Waals surface area (Å²) in [6.07, 6.45) is 0. The first-order valence-corrected chi connectivity index (χ1v) is 6.70. The Balaban J connectivity index is 2.32. The number of hydrogen-bond acceptors (Lipinski definition) is 2. The standard InChI is InChI=1S/C17H14FN3/c1-11-8-15-16(9-12(11)2)21(7-6-19)17(20-15)13-4-3-5-14(18)10-13/h3-5,8-10H,7H2,1-2H3. The second kappa shape index (κ2) is 5.02. The number of hydrogen-bond donors (Lipinski definition) is 0. The van der Waals surface area contributed by atoms with Crippen LogP contribution in [-0.4, -0.2) is 9.55 Å². The zero-order valence-electron chi connectivity index (χ0n) is 11.9. The molecule has 1 aromatic heterocycles. The van der Waals surface area contributed by atoms with Crippen molar-refractivity contribution < 1.29 is 4.39 Å². The maximum Gasteiger partial charge on any atom is 0.142 e. The number of rotatable bonds is 2. The summed E-state index contributed by atoms with van der Waals surface area (Å²) in [5.41, 5.74) is 4.70. The fraction of sp³-hybridized carbons (Fsp3) is 0.176. The molecule has 0 aliphatic heterocycles. The summed E-state index contributed by atoms with van der Waals surface area (Å²) in [7, 11) is 0. The van der Waals surface area contributed by atoms with Crippen molar-refractivity contribution in [3.63, 3.8) is 0 Å². The fourth-order valence-corrected chi connectivity index (χ4v) is 2.46. The Bertz CT molecular complexity index is 872. The summed E-state index contributed by atoms with van der Waals surface area (Å²) >= 11 is 0. The van der Waals surface area contributed by atoms with Gasteiger partial charge in [-0.1, -0.05) is 12.1 Å². The Morgan fingerprint density at radius 3 is 2.67 bits per heavy atom. The van der Waals surface area contributed by atoms with Crippen LogP contribution >= 0.6 is 0 Å². The summed E-state index contributed by atoms with van der Waals surface area (Å²) in [5.74, 6) is 0.312. The molecular formula is C17H14FN3. The Kier molecular flexibility index (Phi) is 3.19. The molecule has 0 saturated heterocycles. The summed E-state index contributed by atoms with van der Waals surface area (Å²) in [5, 5.41) is 9.07. The van der Waals surface area contributed by atoms with Crippen molar-refractivity contribution in [2.45, 2.75) is 20.4 Å². The number of imidazole rings is 1. The van der Waals surface area contributed by atoms with Gasteiger partial charge >= 0.3 is 0 Å². The summed E-state index contributed by atoms with van der Waals surface area (Å²) in [6.45, 7) is 4.24. The molecule has 0 aliphatic carbocycles. The molecule has 0 unspecified atom stereocenters. The minimum absolute atomic E-state index is 0.185. The number of nitriles is 1. The summed E-state index contributed by atoms with van der Waals surface area (Å²) < 4.78 is 15.3. The second-order valence-corrected chi connectivity index (χ2v) is 5.12. The molecule has 0 fully saturated rings. The molecule has 0 atom stereocenters. The van der Waals surface area contributed by atoms with Crippen LogP contribution in [0.4, 0.5) is 4.39 Å². The van der Waals surface area contributed by atoms with E-state index in [1.165, 1.54) is 12.1 Å². The van der Waals surface area contributed by atoms with Gasteiger partial charge in [0.2, 0.25) is 0 Å². The maximum atomic E-state index is 13.5. The third-order valence-corrected chi connectivity index (χ3v) is 3.68. The highest BCUT2D eigenvalue weighted by molar-refractivity contribution is 5.82. The van der Waals surface area contributed by atoms with E-state index in [4.69, 9.17) is 5.26 Å². The van der Waals surface area contributed by atoms with Crippen molar-refractivity contribution in [2.75, 3.05) is 0 Å². The topological polar surface area (TPSA) is 41.6 Å². The highest BCUT2D eigenvalue weighted by Gasteiger charge is 2.14. The first-order valence-electron chi connectivity index (χ1n) is 6.70. The minimum atomic E-state index is -0.310. The summed E-state index contributed by atoms with van der Waals surface area (Å²) in [6, 6.07) is 12.5. The fourth-order valence-electron chi connectivity index (χ4n) is 2.46. The molecule has 3 rings (SSSR count). The molecule has 0 amide bonds. The predicted octanol–water partition coefficient (Wildman–Crippen LogP) is 3.98. The Morgan fingerprint density at radius 2 is 1.95 bits per heavy atom. The highest BCUT2D eigenvalue weighted by Crippen LogP contribution is 2.27. The van der Waals surface area contributed by atoms with E-state index in [2.05, 4.69) is 11.1 Å². The Hall–Kier alpha value is -2.67. The van der Waals surface area contributed by atoms with E-state index in [-0.39, 0.29) is 12.4 Å². The lowest BCUT2D eigenvalue weighted by molar-refractivity contribution is 0.628. The number of benzene rings is 2. The Morgan fingerprint density at radius 1 is 1.19 bits per heavy atom. The number of fused-ring (bicyclic) bond motifs is 1. The van der Waals surface area contributed by atoms with Crippen LogP contribution in [0.15, 0.2) is 36.4 Å². The van der Waals surface area contributed by atoms with Crippen LogP contribution in [0, 0.1) is 31.0 Å². The van der Waals surface area contributed by atoms with Crippen molar-refractivity contribution in [1.82, 2.24) is 9.55 Å². The van der Waals surface area contributed by atoms with Crippen LogP contribution < -0.4 is 0 Å². The molecule has 3 aromatic rings. The average Bonchev–Trinajstić information content (AvgIpc) is 2.78. The second-order valence-electron chi connectivity index (χ2n) is 5.12. The third kappa shape index (κ3) is 2.27. The molecule has 4 heteroatoms. The van der Waals surface area contributed by atoms with Gasteiger partial charge in [0.1, 0.15) is 18.2 Å². The molecule has 0 aliphatic rings. The zero-order valence-corrected chi connectivity index (χ0v) is 11.9. The maximum absolute atomic E-state index is 13.5. The number of nitrogens with zero attached hydrogens (tertiary/aromatic N) is 3. The molecule has 0 saturated carbocycles. The Labute approximate surface area is 122 Å².